The summed E-state index contributed by atoms with van der Waals surface area (Å²) < 4.78 is 48.3. The number of aromatic nitrogens is 1. The molecule has 37 heavy (non-hydrogen) atoms. The Hall–Kier alpha value is -2.77. The third kappa shape index (κ3) is 6.04. The Balaban J connectivity index is 1.79. The molecule has 3 heterocycles. The third-order valence-electron chi connectivity index (χ3n) is 6.32. The van der Waals surface area contributed by atoms with Crippen molar-refractivity contribution in [3.05, 3.63) is 61.9 Å². The van der Waals surface area contributed by atoms with E-state index in [-0.39, 0.29) is 24.2 Å². The van der Waals surface area contributed by atoms with Crippen LogP contribution >= 0.6 is 27.3 Å². The summed E-state index contributed by atoms with van der Waals surface area (Å²) in [5, 5.41) is 14.7. The second kappa shape index (κ2) is 10.9. The molecule has 2 aromatic rings. The third-order valence-corrected chi connectivity index (χ3v) is 7.78. The zero-order valence-electron chi connectivity index (χ0n) is 19.9. The number of nitrogens with one attached hydrogen (secondary N) is 1. The molecule has 3 atom stereocenters. The highest BCUT2D eigenvalue weighted by Crippen LogP contribution is 2.39. The molecule has 0 aliphatic carbocycles. The Morgan fingerprint density at radius 3 is 2.78 bits per heavy atom. The molecule has 0 saturated carbocycles. The number of carbonyl (C=O) groups is 2. The molecule has 198 valence electrons. The average Bonchev–Trinajstić information content (AvgIpc) is 3.46. The second-order valence-corrected chi connectivity index (χ2v) is 10.7. The number of ether oxygens (including phenoxy) is 1. The van der Waals surface area contributed by atoms with Gasteiger partial charge >= 0.3 is 11.9 Å². The molecule has 1 fully saturated rings. The van der Waals surface area contributed by atoms with E-state index in [9.17, 15) is 27.9 Å². The Morgan fingerprint density at radius 1 is 1.41 bits per heavy atom. The van der Waals surface area contributed by atoms with Gasteiger partial charge in [-0.3, -0.25) is 14.7 Å². The van der Waals surface area contributed by atoms with E-state index in [1.165, 1.54) is 48.5 Å². The highest BCUT2D eigenvalue weighted by Gasteiger charge is 2.46. The zero-order chi connectivity index (χ0) is 26.9. The summed E-state index contributed by atoms with van der Waals surface area (Å²) in [7, 11) is 1.20. The van der Waals surface area contributed by atoms with Crippen molar-refractivity contribution in [2.24, 2.45) is 10.9 Å². The van der Waals surface area contributed by atoms with Gasteiger partial charge in [-0.15, -0.1) is 11.3 Å². The van der Waals surface area contributed by atoms with Gasteiger partial charge in [-0.2, -0.15) is 0 Å². The molecule has 0 spiro atoms. The number of carbonyl (C=O) groups excluding carboxylic acids is 1. The van der Waals surface area contributed by atoms with Gasteiger partial charge in [0.1, 0.15) is 11.9 Å². The lowest BCUT2D eigenvalue weighted by Crippen LogP contribution is -2.42. The smallest absolute Gasteiger partial charge is 0.338 e. The number of esters is 1. The van der Waals surface area contributed by atoms with E-state index in [1.807, 2.05) is 0 Å². The van der Waals surface area contributed by atoms with E-state index in [2.05, 4.69) is 31.2 Å². The van der Waals surface area contributed by atoms with Crippen molar-refractivity contribution < 1.29 is 32.6 Å². The van der Waals surface area contributed by atoms with Gasteiger partial charge in [-0.25, -0.2) is 22.9 Å². The van der Waals surface area contributed by atoms with Gasteiger partial charge in [0.15, 0.2) is 10.8 Å². The Bertz CT molecular complexity index is 1250. The summed E-state index contributed by atoms with van der Waals surface area (Å²) in [5.41, 5.74) is 0.826. The molecule has 2 N–H and O–H groups in total. The van der Waals surface area contributed by atoms with Crippen molar-refractivity contribution in [3.8, 4) is 0 Å². The number of hydrogen-bond acceptors (Lipinski definition) is 8. The van der Waals surface area contributed by atoms with Gasteiger partial charge in [-0.05, 0) is 24.1 Å². The summed E-state index contributed by atoms with van der Waals surface area (Å²) in [6, 6.07) is 2.29. The van der Waals surface area contributed by atoms with Crippen LogP contribution in [0.2, 0.25) is 0 Å². The van der Waals surface area contributed by atoms with Crippen LogP contribution in [0.1, 0.15) is 36.4 Å². The van der Waals surface area contributed by atoms with Crippen molar-refractivity contribution in [1.29, 1.82) is 0 Å². The van der Waals surface area contributed by atoms with Gasteiger partial charge in [0.25, 0.3) is 5.92 Å². The van der Waals surface area contributed by atoms with Crippen LogP contribution < -0.4 is 5.32 Å². The van der Waals surface area contributed by atoms with Crippen LogP contribution in [0.15, 0.2) is 50.5 Å². The first-order valence-corrected chi connectivity index (χ1v) is 13.0. The number of aliphatic imine (C=N–C) groups is 1. The number of likely N-dealkylation sites (tertiary alicyclic amines) is 1. The van der Waals surface area contributed by atoms with Crippen molar-refractivity contribution in [1.82, 2.24) is 15.2 Å². The topological polar surface area (TPSA) is 104 Å². The number of benzene rings is 1. The first kappa shape index (κ1) is 27.3. The molecule has 1 aromatic carbocycles. The number of methoxy groups -OCH3 is 1. The minimum Gasteiger partial charge on any atom is -0.481 e. The van der Waals surface area contributed by atoms with Gasteiger partial charge in [0, 0.05) is 40.8 Å². The monoisotopic (exact) mass is 600 g/mol. The van der Waals surface area contributed by atoms with Crippen LogP contribution in [0.5, 0.6) is 0 Å². The SMILES string of the molecule is COC(=O)C1=C(CN2CC(F)(F)CC2CC(C)C(=O)O)NC(c2nccs2)=N[C@H]1c1ccc(F)cc1Br. The molecule has 2 aliphatic heterocycles. The van der Waals surface area contributed by atoms with Crippen molar-refractivity contribution >= 4 is 45.0 Å². The van der Waals surface area contributed by atoms with Crippen LogP contribution in [0.25, 0.3) is 0 Å². The molecule has 4 rings (SSSR count). The molecular formula is C24H24BrF3N4O4S. The minimum atomic E-state index is -3.02. The number of hydrogen-bond donors (Lipinski definition) is 2. The van der Waals surface area contributed by atoms with E-state index < -0.39 is 54.6 Å². The Morgan fingerprint density at radius 2 is 2.16 bits per heavy atom. The number of carboxylic acid groups (broad SMARTS) is 1. The van der Waals surface area contributed by atoms with Gasteiger partial charge in [0.05, 0.1) is 25.1 Å². The number of nitrogens with zero attached hydrogens (tertiary/aromatic N) is 3. The number of alkyl halides is 2. The summed E-state index contributed by atoms with van der Waals surface area (Å²) in [6.45, 7) is 0.763. The van der Waals surface area contributed by atoms with Crippen LogP contribution in [-0.2, 0) is 14.3 Å². The van der Waals surface area contributed by atoms with Crippen LogP contribution in [0.4, 0.5) is 13.2 Å². The fraction of sp³-hybridized carbons (Fsp3) is 0.417. The number of rotatable bonds is 8. The van der Waals surface area contributed by atoms with E-state index in [1.54, 1.807) is 11.6 Å². The fourth-order valence-electron chi connectivity index (χ4n) is 4.56. The maximum Gasteiger partial charge on any atom is 0.338 e. The number of aliphatic carboxylic acids is 1. The molecule has 1 saturated heterocycles. The maximum atomic E-state index is 14.5. The molecule has 1 aromatic heterocycles. The highest BCUT2D eigenvalue weighted by atomic mass is 79.9. The number of carboxylic acids is 1. The first-order valence-electron chi connectivity index (χ1n) is 11.3. The molecule has 0 amide bonds. The summed E-state index contributed by atoms with van der Waals surface area (Å²) in [5.74, 6) is -5.82. The molecule has 0 bridgehead atoms. The quantitative estimate of drug-likeness (QED) is 0.433. The van der Waals surface area contributed by atoms with Gasteiger partial charge in [0.2, 0.25) is 0 Å². The van der Waals surface area contributed by atoms with Crippen LogP contribution in [0.3, 0.4) is 0 Å². The number of thiazole rings is 1. The number of halogens is 4. The van der Waals surface area contributed by atoms with E-state index in [0.29, 0.717) is 20.9 Å². The Kier molecular flexibility index (Phi) is 8.05. The number of amidine groups is 1. The standard InChI is InChI=1S/C24H24BrF3N4O4S/c1-12(22(33)34)7-14-9-24(27,28)11-32(14)10-17-18(23(35)36-2)19(15-4-3-13(26)8-16(15)25)31-20(30-17)21-29-5-6-37-21/h3-6,8,12,14,19H,7,9-11H2,1-2H3,(H,30,31)(H,33,34)/t12?,14?,19-/m0/s1. The molecular weight excluding hydrogens is 577 g/mol. The molecule has 0 radical (unpaired) electrons. The molecule has 2 aliphatic rings. The summed E-state index contributed by atoms with van der Waals surface area (Å²) in [6.07, 6.45) is 1.11. The molecule has 8 nitrogen and oxygen atoms in total. The van der Waals surface area contributed by atoms with Crippen LogP contribution in [0, 0.1) is 11.7 Å². The largest absolute Gasteiger partial charge is 0.481 e. The van der Waals surface area contributed by atoms with Crippen molar-refractivity contribution in [2.75, 3.05) is 20.2 Å². The molecule has 13 heteroatoms. The van der Waals surface area contributed by atoms with Crippen molar-refractivity contribution in [2.45, 2.75) is 37.8 Å². The second-order valence-electron chi connectivity index (χ2n) is 8.99. The van der Waals surface area contributed by atoms with E-state index >= 15 is 0 Å². The molecule has 2 unspecified atom stereocenters. The van der Waals surface area contributed by atoms with E-state index in [4.69, 9.17) is 4.74 Å². The minimum absolute atomic E-state index is 0.0200. The van der Waals surface area contributed by atoms with Crippen LogP contribution in [-0.4, -0.2) is 64.9 Å². The summed E-state index contributed by atoms with van der Waals surface area (Å²) in [4.78, 5) is 34.9. The Labute approximate surface area is 223 Å². The fourth-order valence-corrected chi connectivity index (χ4v) is 5.72. The summed E-state index contributed by atoms with van der Waals surface area (Å²) >= 11 is 4.63. The van der Waals surface area contributed by atoms with Crippen molar-refractivity contribution in [3.63, 3.8) is 0 Å². The normalized spacial score (nSPS) is 22.4. The zero-order valence-corrected chi connectivity index (χ0v) is 22.3. The lowest BCUT2D eigenvalue weighted by Gasteiger charge is -2.31. The van der Waals surface area contributed by atoms with Gasteiger partial charge in [-0.1, -0.05) is 28.9 Å². The predicted octanol–water partition coefficient (Wildman–Crippen LogP) is 4.38. The first-order chi connectivity index (χ1) is 17.5. The van der Waals surface area contributed by atoms with Gasteiger partial charge < -0.3 is 15.2 Å². The highest BCUT2D eigenvalue weighted by molar-refractivity contribution is 9.10. The lowest BCUT2D eigenvalue weighted by molar-refractivity contribution is -0.141. The lowest BCUT2D eigenvalue weighted by atomic mass is 9.94. The maximum absolute atomic E-state index is 14.5. The predicted molar refractivity (Wildman–Crippen MR) is 134 cm³/mol. The average molecular weight is 601 g/mol. The van der Waals surface area contributed by atoms with E-state index in [0.717, 1.165) is 0 Å².